The van der Waals surface area contributed by atoms with Crippen LogP contribution in [0.5, 0.6) is 0 Å². The maximum Gasteiger partial charge on any atom is 0.122 e. The van der Waals surface area contributed by atoms with Crippen LogP contribution in [-0.2, 0) is 17.8 Å². The molecule has 1 aromatic heterocycles. The summed E-state index contributed by atoms with van der Waals surface area (Å²) >= 11 is 0. The normalized spacial score (nSPS) is 20.0. The second-order valence-corrected chi connectivity index (χ2v) is 5.92. The lowest BCUT2D eigenvalue weighted by Crippen LogP contribution is -2.39. The molecule has 1 unspecified atom stereocenters. The van der Waals surface area contributed by atoms with E-state index in [1.165, 1.54) is 18.4 Å². The van der Waals surface area contributed by atoms with Crippen molar-refractivity contribution in [2.75, 3.05) is 26.2 Å². The van der Waals surface area contributed by atoms with Crippen LogP contribution in [0, 0.1) is 0 Å². The molecule has 1 N–H and O–H groups in total. The molecule has 0 spiro atoms. The van der Waals surface area contributed by atoms with Crippen molar-refractivity contribution in [2.45, 2.75) is 58.7 Å². The minimum absolute atomic E-state index is 0.398. The summed E-state index contributed by atoms with van der Waals surface area (Å²) < 4.78 is 11.6. The Balaban J connectivity index is 1.82. The zero-order chi connectivity index (χ0) is 14.9. The first-order valence-corrected chi connectivity index (χ1v) is 8.43. The number of piperidine rings is 1. The predicted molar refractivity (Wildman–Crippen MR) is 85.2 cm³/mol. The number of furan rings is 1. The molecule has 120 valence electrons. The van der Waals surface area contributed by atoms with Gasteiger partial charge in [-0.3, -0.25) is 4.90 Å². The molecular formula is C17H30N2O2. The zero-order valence-corrected chi connectivity index (χ0v) is 13.6. The van der Waals surface area contributed by atoms with Crippen LogP contribution in [0.25, 0.3) is 0 Å². The van der Waals surface area contributed by atoms with Crippen molar-refractivity contribution >= 4 is 0 Å². The largest absolute Gasteiger partial charge is 0.468 e. The summed E-state index contributed by atoms with van der Waals surface area (Å²) in [5.74, 6) is 1.11. The van der Waals surface area contributed by atoms with Gasteiger partial charge in [0.25, 0.3) is 0 Å². The number of nitrogens with one attached hydrogen (secondary N) is 1. The fourth-order valence-corrected chi connectivity index (χ4v) is 2.84. The van der Waals surface area contributed by atoms with Gasteiger partial charge in [-0.15, -0.1) is 0 Å². The van der Waals surface area contributed by atoms with E-state index in [0.29, 0.717) is 6.10 Å². The van der Waals surface area contributed by atoms with Gasteiger partial charge in [0, 0.05) is 25.3 Å². The Morgan fingerprint density at radius 1 is 1.38 bits per heavy atom. The molecule has 0 aliphatic carbocycles. The van der Waals surface area contributed by atoms with Crippen molar-refractivity contribution in [3.63, 3.8) is 0 Å². The first-order chi connectivity index (χ1) is 10.3. The van der Waals surface area contributed by atoms with E-state index >= 15 is 0 Å². The smallest absolute Gasteiger partial charge is 0.122 e. The van der Waals surface area contributed by atoms with E-state index in [0.717, 1.165) is 57.9 Å². The maximum atomic E-state index is 5.91. The van der Waals surface area contributed by atoms with Gasteiger partial charge in [-0.1, -0.05) is 13.8 Å². The summed E-state index contributed by atoms with van der Waals surface area (Å²) in [6.07, 6.45) is 6.89. The summed E-state index contributed by atoms with van der Waals surface area (Å²) in [6, 6.07) is 2.09. The van der Waals surface area contributed by atoms with E-state index in [9.17, 15) is 0 Å². The highest BCUT2D eigenvalue weighted by atomic mass is 16.5. The molecule has 1 atom stereocenters. The number of rotatable bonds is 9. The zero-order valence-electron chi connectivity index (χ0n) is 13.6. The van der Waals surface area contributed by atoms with Crippen molar-refractivity contribution in [2.24, 2.45) is 0 Å². The fourth-order valence-electron chi connectivity index (χ4n) is 2.84. The highest BCUT2D eigenvalue weighted by Crippen LogP contribution is 2.19. The number of likely N-dealkylation sites (tertiary alicyclic amines) is 1. The summed E-state index contributed by atoms with van der Waals surface area (Å²) in [7, 11) is 0. The monoisotopic (exact) mass is 294 g/mol. The lowest BCUT2D eigenvalue weighted by atomic mass is 10.1. The summed E-state index contributed by atoms with van der Waals surface area (Å²) in [6.45, 7) is 10.3. The van der Waals surface area contributed by atoms with Gasteiger partial charge in [-0.2, -0.15) is 0 Å². The van der Waals surface area contributed by atoms with Crippen molar-refractivity contribution < 1.29 is 9.15 Å². The summed E-state index contributed by atoms with van der Waals surface area (Å²) in [5, 5.41) is 3.45. The average molecular weight is 294 g/mol. The molecule has 1 saturated heterocycles. The standard InChI is InChI=1S/C17H30N2O2/c1-3-8-18-12-15-7-11-21-17(15)14-19-9-5-6-16(13-19)20-10-4-2/h7,11,16,18H,3-6,8-10,12-14H2,1-2H3. The number of ether oxygens (including phenoxy) is 1. The van der Waals surface area contributed by atoms with E-state index in [1.54, 1.807) is 0 Å². The van der Waals surface area contributed by atoms with Crippen LogP contribution >= 0.6 is 0 Å². The molecule has 1 aliphatic rings. The molecule has 1 aliphatic heterocycles. The third-order valence-electron chi connectivity index (χ3n) is 3.97. The lowest BCUT2D eigenvalue weighted by molar-refractivity contribution is -0.00382. The minimum Gasteiger partial charge on any atom is -0.468 e. The molecule has 21 heavy (non-hydrogen) atoms. The first-order valence-electron chi connectivity index (χ1n) is 8.43. The van der Waals surface area contributed by atoms with Crippen LogP contribution in [0.3, 0.4) is 0 Å². The minimum atomic E-state index is 0.398. The Bertz CT molecular complexity index is 392. The van der Waals surface area contributed by atoms with Gasteiger partial charge in [0.15, 0.2) is 0 Å². The van der Waals surface area contributed by atoms with Crippen LogP contribution in [-0.4, -0.2) is 37.2 Å². The first kappa shape index (κ1) is 16.5. The Morgan fingerprint density at radius 3 is 3.10 bits per heavy atom. The summed E-state index contributed by atoms with van der Waals surface area (Å²) in [4.78, 5) is 2.46. The molecule has 0 amide bonds. The highest BCUT2D eigenvalue weighted by Gasteiger charge is 2.21. The van der Waals surface area contributed by atoms with E-state index in [2.05, 4.69) is 30.1 Å². The molecule has 4 nitrogen and oxygen atoms in total. The van der Waals surface area contributed by atoms with Crippen LogP contribution in [0.15, 0.2) is 16.7 Å². The topological polar surface area (TPSA) is 37.6 Å². The SMILES string of the molecule is CCCNCc1ccoc1CN1CCCC(OCCC)C1. The van der Waals surface area contributed by atoms with E-state index in [-0.39, 0.29) is 0 Å². The van der Waals surface area contributed by atoms with Gasteiger partial charge in [-0.05, 0) is 44.8 Å². The number of hydrogen-bond donors (Lipinski definition) is 1. The quantitative estimate of drug-likeness (QED) is 0.710. The maximum absolute atomic E-state index is 5.91. The van der Waals surface area contributed by atoms with E-state index < -0.39 is 0 Å². The lowest BCUT2D eigenvalue weighted by Gasteiger charge is -2.32. The molecule has 1 fully saturated rings. The van der Waals surface area contributed by atoms with Crippen LogP contribution in [0.1, 0.15) is 50.9 Å². The summed E-state index contributed by atoms with van der Waals surface area (Å²) in [5.41, 5.74) is 1.29. The third-order valence-corrected chi connectivity index (χ3v) is 3.97. The van der Waals surface area contributed by atoms with E-state index in [4.69, 9.17) is 9.15 Å². The molecule has 0 radical (unpaired) electrons. The third kappa shape index (κ3) is 5.46. The highest BCUT2D eigenvalue weighted by molar-refractivity contribution is 5.16. The number of hydrogen-bond acceptors (Lipinski definition) is 4. The van der Waals surface area contributed by atoms with Gasteiger partial charge in [0.1, 0.15) is 5.76 Å². The molecule has 1 aromatic rings. The van der Waals surface area contributed by atoms with Gasteiger partial charge in [0.05, 0.1) is 18.9 Å². The van der Waals surface area contributed by atoms with Gasteiger partial charge >= 0.3 is 0 Å². The molecule has 0 saturated carbocycles. The Hall–Kier alpha value is -0.840. The van der Waals surface area contributed by atoms with Crippen molar-refractivity contribution in [3.8, 4) is 0 Å². The molecule has 2 rings (SSSR count). The Labute approximate surface area is 128 Å². The Kier molecular flexibility index (Phi) is 7.27. The second kappa shape index (κ2) is 9.23. The molecule has 2 heterocycles. The predicted octanol–water partition coefficient (Wildman–Crippen LogP) is 3.17. The van der Waals surface area contributed by atoms with Gasteiger partial charge < -0.3 is 14.5 Å². The van der Waals surface area contributed by atoms with Crippen molar-refractivity contribution in [1.82, 2.24) is 10.2 Å². The van der Waals surface area contributed by atoms with Crippen molar-refractivity contribution in [3.05, 3.63) is 23.7 Å². The van der Waals surface area contributed by atoms with Crippen LogP contribution in [0.2, 0.25) is 0 Å². The molecule has 0 bridgehead atoms. The molecule has 4 heteroatoms. The average Bonchev–Trinajstić information content (AvgIpc) is 2.93. The van der Waals surface area contributed by atoms with E-state index in [1.807, 2.05) is 6.26 Å². The van der Waals surface area contributed by atoms with Gasteiger partial charge in [0.2, 0.25) is 0 Å². The molecular weight excluding hydrogens is 264 g/mol. The van der Waals surface area contributed by atoms with Gasteiger partial charge in [-0.25, -0.2) is 0 Å². The second-order valence-electron chi connectivity index (χ2n) is 5.92. The fraction of sp³-hybridized carbons (Fsp3) is 0.765. The molecule has 0 aromatic carbocycles. The van der Waals surface area contributed by atoms with Crippen LogP contribution < -0.4 is 5.32 Å². The van der Waals surface area contributed by atoms with Crippen LogP contribution in [0.4, 0.5) is 0 Å². The Morgan fingerprint density at radius 2 is 2.29 bits per heavy atom. The number of nitrogens with zero attached hydrogens (tertiary/aromatic N) is 1. The van der Waals surface area contributed by atoms with Crippen molar-refractivity contribution in [1.29, 1.82) is 0 Å².